The van der Waals surface area contributed by atoms with Crippen molar-refractivity contribution in [3.8, 4) is 0 Å². The van der Waals surface area contributed by atoms with Crippen LogP contribution in [-0.4, -0.2) is 11.5 Å². The minimum absolute atomic E-state index is 0.500. The van der Waals surface area contributed by atoms with Crippen LogP contribution in [0.3, 0.4) is 0 Å². The molecule has 1 saturated heterocycles. The standard InChI is InChI=1S/C11H15S2/c1-10-4-6-11(7-5-10)13-9-3-2-8-12-13/h4-7H,2-3,8-9H2,1H3/q+1. The summed E-state index contributed by atoms with van der Waals surface area (Å²) in [4.78, 5) is 1.55. The van der Waals surface area contributed by atoms with E-state index in [9.17, 15) is 0 Å². The monoisotopic (exact) mass is 211 g/mol. The quantitative estimate of drug-likeness (QED) is 0.507. The molecule has 0 aromatic heterocycles. The number of rotatable bonds is 1. The molecule has 0 saturated carbocycles. The van der Waals surface area contributed by atoms with E-state index in [4.69, 9.17) is 0 Å². The van der Waals surface area contributed by atoms with Crippen LogP contribution in [0, 0.1) is 6.92 Å². The molecule has 2 heteroatoms. The lowest BCUT2D eigenvalue weighted by Crippen LogP contribution is -2.09. The van der Waals surface area contributed by atoms with Crippen LogP contribution >= 0.6 is 10.8 Å². The van der Waals surface area contributed by atoms with E-state index in [0.717, 1.165) is 0 Å². The molecule has 1 aliphatic heterocycles. The Balaban J connectivity index is 2.10. The Bertz CT molecular complexity index is 260. The zero-order valence-corrected chi connectivity index (χ0v) is 9.59. The van der Waals surface area contributed by atoms with Gasteiger partial charge in [-0.2, -0.15) is 0 Å². The van der Waals surface area contributed by atoms with Crippen molar-refractivity contribution >= 4 is 20.7 Å². The minimum atomic E-state index is 0.500. The van der Waals surface area contributed by atoms with Gasteiger partial charge in [0, 0.05) is 5.75 Å². The summed E-state index contributed by atoms with van der Waals surface area (Å²) in [5.41, 5.74) is 1.37. The molecule has 0 amide bonds. The van der Waals surface area contributed by atoms with Crippen LogP contribution < -0.4 is 0 Å². The van der Waals surface area contributed by atoms with Crippen LogP contribution in [0.25, 0.3) is 0 Å². The highest BCUT2D eigenvalue weighted by Gasteiger charge is 2.26. The highest BCUT2D eigenvalue weighted by Crippen LogP contribution is 2.32. The van der Waals surface area contributed by atoms with Crippen LogP contribution in [0.1, 0.15) is 18.4 Å². The van der Waals surface area contributed by atoms with Crippen molar-refractivity contribution in [2.75, 3.05) is 11.5 Å². The fourth-order valence-corrected chi connectivity index (χ4v) is 5.75. The van der Waals surface area contributed by atoms with Crippen molar-refractivity contribution in [2.45, 2.75) is 24.7 Å². The molecule has 13 heavy (non-hydrogen) atoms. The van der Waals surface area contributed by atoms with Gasteiger partial charge < -0.3 is 0 Å². The number of hydrogen-bond donors (Lipinski definition) is 0. The van der Waals surface area contributed by atoms with Gasteiger partial charge in [0.25, 0.3) is 0 Å². The Morgan fingerprint density at radius 1 is 1.15 bits per heavy atom. The molecule has 2 rings (SSSR count). The molecule has 0 aliphatic carbocycles. The van der Waals surface area contributed by atoms with Gasteiger partial charge in [-0.15, -0.1) is 0 Å². The first kappa shape index (κ1) is 9.47. The maximum absolute atomic E-state index is 2.30. The third-order valence-electron chi connectivity index (χ3n) is 2.23. The first-order valence-corrected chi connectivity index (χ1v) is 7.67. The third-order valence-corrected chi connectivity index (χ3v) is 6.86. The molecule has 1 atom stereocenters. The summed E-state index contributed by atoms with van der Waals surface area (Å²) in [5.74, 6) is 2.75. The lowest BCUT2D eigenvalue weighted by molar-refractivity contribution is 0.900. The Morgan fingerprint density at radius 2 is 1.92 bits per heavy atom. The largest absolute Gasteiger partial charge is 0.167 e. The third kappa shape index (κ3) is 2.44. The Hall–Kier alpha value is -0.0800. The molecule has 1 fully saturated rings. The number of aryl methyl sites for hydroxylation is 1. The fourth-order valence-electron chi connectivity index (χ4n) is 1.43. The van der Waals surface area contributed by atoms with Crippen LogP contribution in [0.2, 0.25) is 0 Å². The molecular weight excluding hydrogens is 196 g/mol. The van der Waals surface area contributed by atoms with Crippen molar-refractivity contribution in [1.82, 2.24) is 0 Å². The predicted molar refractivity (Wildman–Crippen MR) is 63.4 cm³/mol. The number of benzene rings is 1. The molecule has 1 aliphatic rings. The van der Waals surface area contributed by atoms with E-state index in [0.29, 0.717) is 9.93 Å². The van der Waals surface area contributed by atoms with Crippen molar-refractivity contribution in [2.24, 2.45) is 0 Å². The van der Waals surface area contributed by atoms with Crippen molar-refractivity contribution in [3.63, 3.8) is 0 Å². The molecule has 1 heterocycles. The zero-order chi connectivity index (χ0) is 9.10. The Labute approximate surface area is 86.9 Å². The van der Waals surface area contributed by atoms with Gasteiger partial charge in [-0.25, -0.2) is 0 Å². The van der Waals surface area contributed by atoms with Crippen molar-refractivity contribution in [3.05, 3.63) is 29.8 Å². The minimum Gasteiger partial charge on any atom is -0.0543 e. The maximum Gasteiger partial charge on any atom is 0.167 e. The van der Waals surface area contributed by atoms with Gasteiger partial charge in [0.05, 0.1) is 20.7 Å². The fraction of sp³-hybridized carbons (Fsp3) is 0.455. The normalized spacial score (nSPS) is 23.0. The van der Waals surface area contributed by atoms with Gasteiger partial charge >= 0.3 is 0 Å². The van der Waals surface area contributed by atoms with E-state index in [-0.39, 0.29) is 0 Å². The van der Waals surface area contributed by atoms with Gasteiger partial charge in [-0.3, -0.25) is 0 Å². The topological polar surface area (TPSA) is 0 Å². The van der Waals surface area contributed by atoms with Gasteiger partial charge in [0.1, 0.15) is 5.75 Å². The molecule has 1 unspecified atom stereocenters. The molecule has 0 spiro atoms. The summed E-state index contributed by atoms with van der Waals surface area (Å²) < 4.78 is 0. The summed E-state index contributed by atoms with van der Waals surface area (Å²) in [5, 5.41) is 0. The molecular formula is C11H15S2+. The van der Waals surface area contributed by atoms with Gasteiger partial charge in [0.2, 0.25) is 0 Å². The summed E-state index contributed by atoms with van der Waals surface area (Å²) >= 11 is 0. The van der Waals surface area contributed by atoms with Crippen LogP contribution in [0.4, 0.5) is 0 Å². The summed E-state index contributed by atoms with van der Waals surface area (Å²) in [6.07, 6.45) is 2.84. The molecule has 0 bridgehead atoms. The van der Waals surface area contributed by atoms with Gasteiger partial charge in [-0.1, -0.05) is 17.7 Å². The lowest BCUT2D eigenvalue weighted by atomic mass is 10.2. The van der Waals surface area contributed by atoms with Gasteiger partial charge in [-0.05, 0) is 31.9 Å². The molecule has 70 valence electrons. The smallest absolute Gasteiger partial charge is 0.0543 e. The highest BCUT2D eigenvalue weighted by molar-refractivity contribution is 8.74. The molecule has 0 radical (unpaired) electrons. The molecule has 1 aromatic rings. The predicted octanol–water partition coefficient (Wildman–Crippen LogP) is 3.41. The van der Waals surface area contributed by atoms with E-state index in [2.05, 4.69) is 42.0 Å². The first-order chi connectivity index (χ1) is 6.36. The van der Waals surface area contributed by atoms with E-state index in [1.807, 2.05) is 0 Å². The van der Waals surface area contributed by atoms with Crippen molar-refractivity contribution < 1.29 is 0 Å². The first-order valence-electron chi connectivity index (χ1n) is 4.77. The van der Waals surface area contributed by atoms with Gasteiger partial charge in [0.15, 0.2) is 4.90 Å². The summed E-state index contributed by atoms with van der Waals surface area (Å²) in [6, 6.07) is 9.07. The average Bonchev–Trinajstić information content (AvgIpc) is 2.20. The van der Waals surface area contributed by atoms with Crippen molar-refractivity contribution in [1.29, 1.82) is 0 Å². The zero-order valence-electron chi connectivity index (χ0n) is 7.95. The SMILES string of the molecule is Cc1ccc([S+]2CCCCS2)cc1. The maximum atomic E-state index is 2.30. The summed E-state index contributed by atoms with van der Waals surface area (Å²) in [6.45, 7) is 2.15. The van der Waals surface area contributed by atoms with E-state index in [1.165, 1.54) is 29.9 Å². The average molecular weight is 211 g/mol. The molecule has 1 aromatic carbocycles. The highest BCUT2D eigenvalue weighted by atomic mass is 33.1. The Morgan fingerprint density at radius 3 is 2.54 bits per heavy atom. The van der Waals surface area contributed by atoms with E-state index >= 15 is 0 Å². The van der Waals surface area contributed by atoms with E-state index in [1.54, 1.807) is 4.90 Å². The second kappa shape index (κ2) is 4.43. The lowest BCUT2D eigenvalue weighted by Gasteiger charge is -2.10. The van der Waals surface area contributed by atoms with Crippen LogP contribution in [0.15, 0.2) is 29.2 Å². The molecule has 0 nitrogen and oxygen atoms in total. The Kier molecular flexibility index (Phi) is 3.23. The second-order valence-electron chi connectivity index (χ2n) is 3.39. The van der Waals surface area contributed by atoms with E-state index < -0.39 is 0 Å². The molecule has 0 N–H and O–H groups in total. The van der Waals surface area contributed by atoms with Crippen LogP contribution in [0.5, 0.6) is 0 Å². The number of hydrogen-bond acceptors (Lipinski definition) is 1. The van der Waals surface area contributed by atoms with Crippen LogP contribution in [-0.2, 0) is 9.93 Å². The summed E-state index contributed by atoms with van der Waals surface area (Å²) in [7, 11) is 2.65. The second-order valence-corrected chi connectivity index (χ2v) is 7.52.